The van der Waals surface area contributed by atoms with Crippen molar-refractivity contribution < 1.29 is 9.26 Å². The van der Waals surface area contributed by atoms with Crippen molar-refractivity contribution in [2.24, 2.45) is 5.73 Å². The van der Waals surface area contributed by atoms with Crippen molar-refractivity contribution in [3.8, 4) is 11.5 Å². The topological polar surface area (TPSA) is 74.2 Å². The van der Waals surface area contributed by atoms with E-state index in [1.807, 2.05) is 25.1 Å². The molecule has 1 aromatic heterocycles. The summed E-state index contributed by atoms with van der Waals surface area (Å²) in [6, 6.07) is 7.27. The van der Waals surface area contributed by atoms with Crippen molar-refractivity contribution in [3.05, 3.63) is 35.1 Å². The first-order valence-electron chi connectivity index (χ1n) is 6.00. The van der Waals surface area contributed by atoms with Gasteiger partial charge in [0.15, 0.2) is 5.82 Å². The van der Waals surface area contributed by atoms with Crippen molar-refractivity contribution in [1.29, 1.82) is 0 Å². The van der Waals surface area contributed by atoms with Crippen LogP contribution >= 0.6 is 11.6 Å². The van der Waals surface area contributed by atoms with E-state index in [1.165, 1.54) is 0 Å². The Bertz CT molecular complexity index is 554. The minimum absolute atomic E-state index is 0.324. The maximum absolute atomic E-state index is 6.11. The lowest BCUT2D eigenvalue weighted by molar-refractivity contribution is 0.0962. The number of halogens is 1. The highest BCUT2D eigenvalue weighted by atomic mass is 35.5. The van der Waals surface area contributed by atoms with Crippen molar-refractivity contribution in [2.45, 2.75) is 19.4 Å². The number of nitrogens with zero attached hydrogens (tertiary/aromatic N) is 2. The van der Waals surface area contributed by atoms with Crippen LogP contribution in [0.3, 0.4) is 0 Å². The Morgan fingerprint density at radius 3 is 2.84 bits per heavy atom. The molecule has 1 atom stereocenters. The first kappa shape index (κ1) is 14.0. The Balaban J connectivity index is 2.27. The van der Waals surface area contributed by atoms with E-state index in [0.717, 1.165) is 0 Å². The normalized spacial score (nSPS) is 14.3. The third-order valence-electron chi connectivity index (χ3n) is 2.65. The van der Waals surface area contributed by atoms with Crippen LogP contribution in [0.25, 0.3) is 11.5 Å². The fourth-order valence-corrected chi connectivity index (χ4v) is 1.79. The quantitative estimate of drug-likeness (QED) is 0.912. The molecule has 0 aliphatic heterocycles. The van der Waals surface area contributed by atoms with Gasteiger partial charge in [0.1, 0.15) is 5.54 Å². The lowest BCUT2D eigenvalue weighted by atomic mass is 10.1. The predicted octanol–water partition coefficient (Wildman–Crippen LogP) is 2.60. The molecule has 1 unspecified atom stereocenters. The van der Waals surface area contributed by atoms with Gasteiger partial charge in [0.2, 0.25) is 0 Å². The second-order valence-electron chi connectivity index (χ2n) is 4.46. The van der Waals surface area contributed by atoms with Gasteiger partial charge in [-0.05, 0) is 26.0 Å². The molecule has 0 saturated heterocycles. The molecule has 5 nitrogen and oxygen atoms in total. The summed E-state index contributed by atoms with van der Waals surface area (Å²) >= 11 is 6.08. The highest BCUT2D eigenvalue weighted by Gasteiger charge is 2.28. The van der Waals surface area contributed by atoms with E-state index in [4.69, 9.17) is 26.6 Å². The Hall–Kier alpha value is -1.43. The number of ether oxygens (including phenoxy) is 1. The van der Waals surface area contributed by atoms with E-state index >= 15 is 0 Å². The summed E-state index contributed by atoms with van der Waals surface area (Å²) < 4.78 is 10.5. The molecular formula is C13H16ClN3O2. The van der Waals surface area contributed by atoms with Crippen molar-refractivity contribution >= 4 is 11.6 Å². The van der Waals surface area contributed by atoms with E-state index in [0.29, 0.717) is 35.5 Å². The molecule has 1 aromatic carbocycles. The minimum Gasteiger partial charge on any atom is -0.379 e. The van der Waals surface area contributed by atoms with E-state index in [9.17, 15) is 0 Å². The van der Waals surface area contributed by atoms with Crippen molar-refractivity contribution in [1.82, 2.24) is 10.1 Å². The van der Waals surface area contributed by atoms with E-state index < -0.39 is 5.54 Å². The molecule has 19 heavy (non-hydrogen) atoms. The molecule has 2 N–H and O–H groups in total. The smallest absolute Gasteiger partial charge is 0.259 e. The Morgan fingerprint density at radius 1 is 1.42 bits per heavy atom. The van der Waals surface area contributed by atoms with E-state index in [1.54, 1.807) is 13.0 Å². The van der Waals surface area contributed by atoms with Gasteiger partial charge in [-0.2, -0.15) is 4.98 Å². The van der Waals surface area contributed by atoms with Crippen LogP contribution in [-0.2, 0) is 10.3 Å². The van der Waals surface area contributed by atoms with Crippen LogP contribution < -0.4 is 5.73 Å². The highest BCUT2D eigenvalue weighted by Crippen LogP contribution is 2.27. The molecule has 102 valence electrons. The van der Waals surface area contributed by atoms with Gasteiger partial charge in [-0.3, -0.25) is 0 Å². The number of aromatic nitrogens is 2. The van der Waals surface area contributed by atoms with Gasteiger partial charge in [-0.25, -0.2) is 0 Å². The highest BCUT2D eigenvalue weighted by molar-refractivity contribution is 6.33. The fourth-order valence-electron chi connectivity index (χ4n) is 1.58. The van der Waals surface area contributed by atoms with Crippen LogP contribution in [0.15, 0.2) is 28.8 Å². The van der Waals surface area contributed by atoms with Crippen LogP contribution in [0.2, 0.25) is 5.02 Å². The van der Waals surface area contributed by atoms with Gasteiger partial charge in [-0.1, -0.05) is 28.9 Å². The largest absolute Gasteiger partial charge is 0.379 e. The summed E-state index contributed by atoms with van der Waals surface area (Å²) in [6.07, 6.45) is 0. The fraction of sp³-hybridized carbons (Fsp3) is 0.385. The third-order valence-corrected chi connectivity index (χ3v) is 2.98. The van der Waals surface area contributed by atoms with Gasteiger partial charge >= 0.3 is 0 Å². The van der Waals surface area contributed by atoms with Gasteiger partial charge < -0.3 is 15.0 Å². The van der Waals surface area contributed by atoms with Crippen molar-refractivity contribution in [3.63, 3.8) is 0 Å². The Kier molecular flexibility index (Phi) is 4.19. The second kappa shape index (κ2) is 5.69. The van der Waals surface area contributed by atoms with Crippen LogP contribution in [0.5, 0.6) is 0 Å². The predicted molar refractivity (Wildman–Crippen MR) is 72.8 cm³/mol. The van der Waals surface area contributed by atoms with E-state index in [-0.39, 0.29) is 0 Å². The summed E-state index contributed by atoms with van der Waals surface area (Å²) in [5.74, 6) is 0.754. The molecule has 0 aliphatic rings. The third kappa shape index (κ3) is 3.12. The average molecular weight is 282 g/mol. The molecule has 0 amide bonds. The second-order valence-corrected chi connectivity index (χ2v) is 4.86. The van der Waals surface area contributed by atoms with Gasteiger partial charge in [0.05, 0.1) is 17.2 Å². The van der Waals surface area contributed by atoms with Crippen LogP contribution in [0, 0.1) is 0 Å². The molecule has 6 heteroatoms. The van der Waals surface area contributed by atoms with Crippen LogP contribution in [-0.4, -0.2) is 23.4 Å². The van der Waals surface area contributed by atoms with Crippen LogP contribution in [0.4, 0.5) is 0 Å². The number of hydrogen-bond acceptors (Lipinski definition) is 5. The molecular weight excluding hydrogens is 266 g/mol. The Labute approximate surface area is 116 Å². The standard InChI is InChI=1S/C13H16ClN3O2/c1-3-18-8-13(2,15)12-16-11(19-17-12)9-6-4-5-7-10(9)14/h4-7H,3,8,15H2,1-2H3. The molecule has 0 aliphatic carbocycles. The molecule has 2 rings (SSSR count). The van der Waals surface area contributed by atoms with Crippen molar-refractivity contribution in [2.75, 3.05) is 13.2 Å². The summed E-state index contributed by atoms with van der Waals surface area (Å²) in [5.41, 5.74) is 6.01. The zero-order valence-corrected chi connectivity index (χ0v) is 11.6. The lowest BCUT2D eigenvalue weighted by Gasteiger charge is -2.19. The monoisotopic (exact) mass is 281 g/mol. The number of hydrogen-bond donors (Lipinski definition) is 1. The minimum atomic E-state index is -0.793. The molecule has 0 radical (unpaired) electrons. The summed E-state index contributed by atoms with van der Waals surface area (Å²) in [7, 11) is 0. The molecule has 0 saturated carbocycles. The van der Waals surface area contributed by atoms with E-state index in [2.05, 4.69) is 10.1 Å². The van der Waals surface area contributed by atoms with Gasteiger partial charge in [0, 0.05) is 6.61 Å². The number of benzene rings is 1. The summed E-state index contributed by atoms with van der Waals surface area (Å²) in [5, 5.41) is 4.47. The number of rotatable bonds is 5. The SMILES string of the molecule is CCOCC(C)(N)c1noc(-c2ccccc2Cl)n1. The summed E-state index contributed by atoms with van der Waals surface area (Å²) in [4.78, 5) is 4.30. The maximum Gasteiger partial charge on any atom is 0.259 e. The molecule has 2 aromatic rings. The summed E-state index contributed by atoms with van der Waals surface area (Å²) in [6.45, 7) is 4.61. The first-order valence-corrected chi connectivity index (χ1v) is 6.38. The molecule has 0 fully saturated rings. The zero-order valence-electron chi connectivity index (χ0n) is 10.9. The first-order chi connectivity index (χ1) is 9.04. The lowest BCUT2D eigenvalue weighted by Crippen LogP contribution is -2.39. The Morgan fingerprint density at radius 2 is 2.16 bits per heavy atom. The molecule has 1 heterocycles. The van der Waals surface area contributed by atoms with Gasteiger partial charge in [-0.15, -0.1) is 0 Å². The molecule has 0 spiro atoms. The van der Waals surface area contributed by atoms with Crippen LogP contribution in [0.1, 0.15) is 19.7 Å². The number of nitrogens with two attached hydrogens (primary N) is 1. The zero-order chi connectivity index (χ0) is 13.9. The maximum atomic E-state index is 6.11. The van der Waals surface area contributed by atoms with Gasteiger partial charge in [0.25, 0.3) is 5.89 Å². The average Bonchev–Trinajstić information content (AvgIpc) is 2.87. The molecule has 0 bridgehead atoms.